The number of ether oxygens (including phenoxy) is 3. The summed E-state index contributed by atoms with van der Waals surface area (Å²) in [7, 11) is 5.39. The molecule has 2 saturated heterocycles. The lowest BCUT2D eigenvalue weighted by atomic mass is 10.0. The quantitative estimate of drug-likeness (QED) is 0.805. The Kier molecular flexibility index (Phi) is 6.38. The van der Waals surface area contributed by atoms with Crippen molar-refractivity contribution in [3.05, 3.63) is 23.8 Å². The highest BCUT2D eigenvalue weighted by Crippen LogP contribution is 2.33. The van der Waals surface area contributed by atoms with E-state index in [0.717, 1.165) is 56.0 Å². The number of benzene rings is 1. The number of hydrogen-bond donors (Lipinski definition) is 0. The largest absolute Gasteiger partial charge is 0.493 e. The Balaban J connectivity index is 1.68. The van der Waals surface area contributed by atoms with Gasteiger partial charge in [0.25, 0.3) is 0 Å². The van der Waals surface area contributed by atoms with E-state index in [4.69, 9.17) is 14.2 Å². The average Bonchev–Trinajstić information content (AvgIpc) is 2.68. The molecule has 144 valence electrons. The number of carbonyl (C=O) groups is 1. The number of hydrogen-bond acceptors (Lipinski definition) is 5. The zero-order valence-electron chi connectivity index (χ0n) is 16.1. The number of carbonyl (C=O) groups excluding carboxylic acids is 1. The van der Waals surface area contributed by atoms with Crippen molar-refractivity contribution in [2.24, 2.45) is 0 Å². The molecule has 0 N–H and O–H groups in total. The Bertz CT molecular complexity index is 616. The van der Waals surface area contributed by atoms with Crippen LogP contribution in [-0.2, 0) is 9.53 Å². The van der Waals surface area contributed by atoms with Crippen molar-refractivity contribution in [3.63, 3.8) is 0 Å². The first-order valence-corrected chi connectivity index (χ1v) is 9.44. The van der Waals surface area contributed by atoms with Crippen LogP contribution in [0.1, 0.15) is 37.3 Å². The van der Waals surface area contributed by atoms with Crippen molar-refractivity contribution < 1.29 is 19.0 Å². The fourth-order valence-corrected chi connectivity index (χ4v) is 3.81. The van der Waals surface area contributed by atoms with E-state index < -0.39 is 0 Å². The SMILES string of the molecule is COc1ccc(C2CN(C(=O)CC3CCCCO3)CCN2C)cc1OC. The van der Waals surface area contributed by atoms with Gasteiger partial charge in [-0.05, 0) is 44.0 Å². The smallest absolute Gasteiger partial charge is 0.225 e. The number of rotatable bonds is 5. The van der Waals surface area contributed by atoms with Crippen LogP contribution < -0.4 is 9.47 Å². The minimum absolute atomic E-state index is 0.0930. The second-order valence-corrected chi connectivity index (χ2v) is 7.14. The van der Waals surface area contributed by atoms with Crippen molar-refractivity contribution in [1.29, 1.82) is 0 Å². The van der Waals surface area contributed by atoms with Crippen LogP contribution in [0.4, 0.5) is 0 Å². The molecule has 0 bridgehead atoms. The Morgan fingerprint density at radius 3 is 2.69 bits per heavy atom. The molecular formula is C20H30N2O4. The highest BCUT2D eigenvalue weighted by atomic mass is 16.5. The molecule has 1 aromatic rings. The molecule has 1 amide bonds. The first-order chi connectivity index (χ1) is 12.6. The summed E-state index contributed by atoms with van der Waals surface area (Å²) in [5.74, 6) is 1.64. The van der Waals surface area contributed by atoms with Crippen molar-refractivity contribution in [2.45, 2.75) is 37.8 Å². The van der Waals surface area contributed by atoms with Crippen LogP contribution in [0.2, 0.25) is 0 Å². The van der Waals surface area contributed by atoms with Crippen LogP contribution in [0, 0.1) is 0 Å². The third kappa shape index (κ3) is 4.30. The lowest BCUT2D eigenvalue weighted by Crippen LogP contribution is -2.49. The molecule has 2 fully saturated rings. The van der Waals surface area contributed by atoms with E-state index in [1.807, 2.05) is 17.0 Å². The molecule has 6 heteroatoms. The molecule has 0 aliphatic carbocycles. The van der Waals surface area contributed by atoms with Crippen molar-refractivity contribution in [2.75, 3.05) is 47.5 Å². The Morgan fingerprint density at radius 1 is 1.19 bits per heavy atom. The van der Waals surface area contributed by atoms with E-state index in [2.05, 4.69) is 18.0 Å². The standard InChI is InChI=1S/C20H30N2O4/c1-21-9-10-22(20(23)13-16-6-4-5-11-26-16)14-17(21)15-7-8-18(24-2)19(12-15)25-3/h7-8,12,16-17H,4-6,9-11,13-14H2,1-3H3. The summed E-state index contributed by atoms with van der Waals surface area (Å²) in [6.07, 6.45) is 3.87. The monoisotopic (exact) mass is 362 g/mol. The van der Waals surface area contributed by atoms with E-state index in [1.165, 1.54) is 0 Å². The summed E-state index contributed by atoms with van der Waals surface area (Å²) in [4.78, 5) is 17.0. The number of piperazine rings is 1. The second kappa shape index (κ2) is 8.73. The number of amides is 1. The Morgan fingerprint density at radius 2 is 2.00 bits per heavy atom. The van der Waals surface area contributed by atoms with Gasteiger partial charge in [0.1, 0.15) is 0 Å². The van der Waals surface area contributed by atoms with Gasteiger partial charge < -0.3 is 19.1 Å². The van der Waals surface area contributed by atoms with Gasteiger partial charge >= 0.3 is 0 Å². The normalized spacial score (nSPS) is 24.3. The summed E-state index contributed by atoms with van der Waals surface area (Å²) in [5.41, 5.74) is 1.14. The molecule has 26 heavy (non-hydrogen) atoms. The van der Waals surface area contributed by atoms with Crippen LogP contribution in [0.25, 0.3) is 0 Å². The molecule has 3 rings (SSSR count). The molecule has 0 radical (unpaired) electrons. The summed E-state index contributed by atoms with van der Waals surface area (Å²) in [5, 5.41) is 0. The third-order valence-electron chi connectivity index (χ3n) is 5.47. The summed E-state index contributed by atoms with van der Waals surface area (Å²) in [6.45, 7) is 3.11. The molecule has 2 unspecified atom stereocenters. The summed E-state index contributed by atoms with van der Waals surface area (Å²) in [6, 6.07) is 6.15. The van der Waals surface area contributed by atoms with Gasteiger partial charge in [0, 0.05) is 26.2 Å². The van der Waals surface area contributed by atoms with E-state index in [1.54, 1.807) is 14.2 Å². The molecular weight excluding hydrogens is 332 g/mol. The lowest BCUT2D eigenvalue weighted by Gasteiger charge is -2.40. The van der Waals surface area contributed by atoms with E-state index in [-0.39, 0.29) is 18.1 Å². The lowest BCUT2D eigenvalue weighted by molar-refractivity contribution is -0.137. The van der Waals surface area contributed by atoms with E-state index >= 15 is 0 Å². The summed E-state index contributed by atoms with van der Waals surface area (Å²) >= 11 is 0. The predicted molar refractivity (Wildman–Crippen MR) is 99.7 cm³/mol. The fourth-order valence-electron chi connectivity index (χ4n) is 3.81. The number of methoxy groups -OCH3 is 2. The first-order valence-electron chi connectivity index (χ1n) is 9.44. The van der Waals surface area contributed by atoms with Crippen molar-refractivity contribution in [3.8, 4) is 11.5 Å². The van der Waals surface area contributed by atoms with Gasteiger partial charge in [-0.25, -0.2) is 0 Å². The maximum atomic E-state index is 12.8. The molecule has 2 heterocycles. The molecule has 2 aliphatic heterocycles. The van der Waals surface area contributed by atoms with Crippen LogP contribution in [0.15, 0.2) is 18.2 Å². The summed E-state index contributed by atoms with van der Waals surface area (Å²) < 4.78 is 16.5. The highest BCUT2D eigenvalue weighted by Gasteiger charge is 2.30. The van der Waals surface area contributed by atoms with Gasteiger partial charge in [0.05, 0.1) is 32.8 Å². The van der Waals surface area contributed by atoms with Crippen molar-refractivity contribution in [1.82, 2.24) is 9.80 Å². The van der Waals surface area contributed by atoms with Gasteiger partial charge in [-0.15, -0.1) is 0 Å². The molecule has 0 saturated carbocycles. The van der Waals surface area contributed by atoms with Crippen LogP contribution >= 0.6 is 0 Å². The number of likely N-dealkylation sites (N-methyl/N-ethyl adjacent to an activating group) is 1. The average molecular weight is 362 g/mol. The first kappa shape index (κ1) is 19.0. The maximum absolute atomic E-state index is 12.8. The molecule has 2 atom stereocenters. The second-order valence-electron chi connectivity index (χ2n) is 7.14. The fraction of sp³-hybridized carbons (Fsp3) is 0.650. The molecule has 2 aliphatic rings. The van der Waals surface area contributed by atoms with E-state index in [0.29, 0.717) is 13.0 Å². The molecule has 0 aromatic heterocycles. The van der Waals surface area contributed by atoms with Gasteiger partial charge in [-0.1, -0.05) is 6.07 Å². The molecule has 1 aromatic carbocycles. The van der Waals surface area contributed by atoms with Crippen LogP contribution in [0.5, 0.6) is 11.5 Å². The molecule has 6 nitrogen and oxygen atoms in total. The zero-order valence-corrected chi connectivity index (χ0v) is 16.1. The number of nitrogens with zero attached hydrogens (tertiary/aromatic N) is 2. The highest BCUT2D eigenvalue weighted by molar-refractivity contribution is 5.77. The minimum Gasteiger partial charge on any atom is -0.493 e. The Hall–Kier alpha value is -1.79. The predicted octanol–water partition coefficient (Wildman–Crippen LogP) is 2.48. The van der Waals surface area contributed by atoms with E-state index in [9.17, 15) is 4.79 Å². The maximum Gasteiger partial charge on any atom is 0.225 e. The van der Waals surface area contributed by atoms with Crippen molar-refractivity contribution >= 4 is 5.91 Å². The minimum atomic E-state index is 0.0930. The molecule has 0 spiro atoms. The van der Waals surface area contributed by atoms with Crippen LogP contribution in [0.3, 0.4) is 0 Å². The Labute approximate surface area is 156 Å². The van der Waals surface area contributed by atoms with Gasteiger partial charge in [-0.3, -0.25) is 9.69 Å². The third-order valence-corrected chi connectivity index (χ3v) is 5.47. The van der Waals surface area contributed by atoms with Gasteiger partial charge in [0.15, 0.2) is 11.5 Å². The zero-order chi connectivity index (χ0) is 18.5. The van der Waals surface area contributed by atoms with Crippen LogP contribution in [-0.4, -0.2) is 69.3 Å². The topological polar surface area (TPSA) is 51.2 Å². The van der Waals surface area contributed by atoms with Gasteiger partial charge in [-0.2, -0.15) is 0 Å². The van der Waals surface area contributed by atoms with Gasteiger partial charge in [0.2, 0.25) is 5.91 Å².